The fraction of sp³-hybridized carbons (Fsp3) is 0.706. The second-order valence-electron chi connectivity index (χ2n) is 8.36. The van der Waals surface area contributed by atoms with E-state index in [1.165, 1.54) is 6.92 Å². The lowest BCUT2D eigenvalue weighted by Gasteiger charge is -2.43. The second kappa shape index (κ2) is 11.7. The lowest BCUT2D eigenvalue weighted by atomic mass is 9.98. The maximum absolute atomic E-state index is 12.3. The van der Waals surface area contributed by atoms with E-state index in [-0.39, 0.29) is 0 Å². The molecule has 38 heavy (non-hydrogen) atoms. The summed E-state index contributed by atoms with van der Waals surface area (Å²) in [7, 11) is -11.6. The fourth-order valence-electron chi connectivity index (χ4n) is 3.69. The molecule has 0 saturated carbocycles. The number of H-pyrrole nitrogens is 1. The summed E-state index contributed by atoms with van der Waals surface area (Å²) in [6.07, 6.45) is -12.4. The van der Waals surface area contributed by atoms with Crippen molar-refractivity contribution in [2.45, 2.75) is 69.0 Å². The Morgan fingerprint density at radius 2 is 1.76 bits per heavy atom. The van der Waals surface area contributed by atoms with Gasteiger partial charge in [-0.15, -0.1) is 0 Å². The number of carbonyl (C=O) groups excluding carboxylic acids is 1. The highest BCUT2D eigenvalue weighted by Crippen LogP contribution is 2.57. The van der Waals surface area contributed by atoms with Crippen LogP contribution in [0.15, 0.2) is 21.9 Å². The molecule has 21 heteroatoms. The van der Waals surface area contributed by atoms with Gasteiger partial charge in [0.25, 0.3) is 21.2 Å². The van der Waals surface area contributed by atoms with Gasteiger partial charge in [-0.25, -0.2) is 9.11 Å². The van der Waals surface area contributed by atoms with Gasteiger partial charge in [0.1, 0.15) is 36.6 Å². The Labute approximate surface area is 212 Å². The van der Waals surface area contributed by atoms with Crippen LogP contribution in [0.3, 0.4) is 0 Å². The molecule has 3 rings (SSSR count). The molecule has 216 valence electrons. The largest absolute Gasteiger partial charge is 0.756 e. The summed E-state index contributed by atoms with van der Waals surface area (Å²) in [5, 5.41) is 42.5. The predicted molar refractivity (Wildman–Crippen MR) is 115 cm³/mol. The Kier molecular flexibility index (Phi) is 9.48. The van der Waals surface area contributed by atoms with Crippen LogP contribution in [0.1, 0.15) is 20.1 Å². The summed E-state index contributed by atoms with van der Waals surface area (Å²) in [6, 6.07) is -0.722. The molecule has 2 fully saturated rings. The monoisotopic (exact) mass is 589 g/mol. The molecule has 1 aromatic rings. The first-order chi connectivity index (χ1) is 17.5. The zero-order valence-electron chi connectivity index (χ0n) is 19.6. The van der Waals surface area contributed by atoms with Crippen LogP contribution >= 0.6 is 15.6 Å². The van der Waals surface area contributed by atoms with Gasteiger partial charge in [0.2, 0.25) is 5.91 Å². The zero-order valence-corrected chi connectivity index (χ0v) is 21.4. The number of ether oxygens (including phenoxy) is 2. The first-order valence-electron chi connectivity index (χ1n) is 10.8. The quantitative estimate of drug-likeness (QED) is 0.147. The number of amides is 1. The molecule has 6 N–H and O–H groups in total. The third-order valence-electron chi connectivity index (χ3n) is 5.50. The lowest BCUT2D eigenvalue weighted by Crippen LogP contribution is -2.63. The van der Waals surface area contributed by atoms with E-state index in [0.29, 0.717) is 4.57 Å². The summed E-state index contributed by atoms with van der Waals surface area (Å²) >= 11 is 0. The molecule has 2 saturated heterocycles. The van der Waals surface area contributed by atoms with Crippen molar-refractivity contribution >= 4 is 21.6 Å². The number of aromatic nitrogens is 2. The summed E-state index contributed by atoms with van der Waals surface area (Å²) in [5.74, 6) is -0.771. The molecule has 0 aromatic carbocycles. The molecule has 2 aliphatic heterocycles. The number of aromatic amines is 1. The maximum Gasteiger partial charge on any atom is 0.330 e. The van der Waals surface area contributed by atoms with Crippen molar-refractivity contribution in [2.75, 3.05) is 6.61 Å². The lowest BCUT2D eigenvalue weighted by molar-refractivity contribution is -0.280. The van der Waals surface area contributed by atoms with Crippen LogP contribution < -0.4 is 26.4 Å². The van der Waals surface area contributed by atoms with Gasteiger partial charge in [0, 0.05) is 19.2 Å². The number of rotatable bonds is 9. The summed E-state index contributed by atoms with van der Waals surface area (Å²) < 4.78 is 48.4. The Balaban J connectivity index is 1.64. The fourth-order valence-corrected chi connectivity index (χ4v) is 5.78. The Morgan fingerprint density at radius 3 is 2.37 bits per heavy atom. The van der Waals surface area contributed by atoms with Crippen LogP contribution in [-0.4, -0.2) is 91.4 Å². The Bertz CT molecular complexity index is 1220. The third kappa shape index (κ3) is 7.22. The zero-order chi connectivity index (χ0) is 28.6. The van der Waals surface area contributed by atoms with E-state index in [1.807, 2.05) is 4.98 Å². The number of hydrogen-bond acceptors (Lipinski definition) is 16. The smallest absolute Gasteiger partial charge is 0.330 e. The van der Waals surface area contributed by atoms with Gasteiger partial charge in [-0.05, 0) is 6.92 Å². The highest BCUT2D eigenvalue weighted by Gasteiger charge is 2.47. The van der Waals surface area contributed by atoms with Crippen molar-refractivity contribution in [3.63, 3.8) is 0 Å². The van der Waals surface area contributed by atoms with Crippen LogP contribution in [0, 0.1) is 0 Å². The van der Waals surface area contributed by atoms with Crippen molar-refractivity contribution in [3.05, 3.63) is 33.1 Å². The first kappa shape index (κ1) is 30.7. The molecular weight excluding hydrogens is 564 g/mol. The van der Waals surface area contributed by atoms with Gasteiger partial charge in [-0.1, -0.05) is 0 Å². The normalized spacial score (nSPS) is 36.8. The van der Waals surface area contributed by atoms with E-state index in [9.17, 15) is 53.7 Å². The number of phosphoric acid groups is 2. The van der Waals surface area contributed by atoms with Crippen LogP contribution in [0.25, 0.3) is 0 Å². The number of nitrogens with zero attached hydrogens (tertiary/aromatic N) is 1. The second-order valence-corrected chi connectivity index (χ2v) is 11.3. The molecule has 19 nitrogen and oxygen atoms in total. The van der Waals surface area contributed by atoms with Gasteiger partial charge >= 0.3 is 5.69 Å². The number of phosphoric ester groups is 2. The van der Waals surface area contributed by atoms with Gasteiger partial charge < -0.3 is 49.5 Å². The average molecular weight is 589 g/mol. The average Bonchev–Trinajstić information content (AvgIpc) is 3.06. The van der Waals surface area contributed by atoms with E-state index in [4.69, 9.17) is 9.47 Å². The minimum absolute atomic E-state index is 0.713. The molecule has 0 spiro atoms. The van der Waals surface area contributed by atoms with E-state index in [1.54, 1.807) is 0 Å². The highest BCUT2D eigenvalue weighted by molar-refractivity contribution is 7.59. The molecule has 3 heterocycles. The van der Waals surface area contributed by atoms with Gasteiger partial charge in [0.05, 0.1) is 12.7 Å². The number of carbonyl (C=O) groups is 1. The topological polar surface area (TPSA) is 291 Å². The van der Waals surface area contributed by atoms with Crippen LogP contribution in [-0.2, 0) is 36.8 Å². The minimum atomic E-state index is -5.85. The highest BCUT2D eigenvalue weighted by atomic mass is 31.3. The van der Waals surface area contributed by atoms with Gasteiger partial charge in [-0.2, -0.15) is 0 Å². The molecule has 2 unspecified atom stereocenters. The van der Waals surface area contributed by atoms with Gasteiger partial charge in [-0.3, -0.25) is 32.8 Å². The molecule has 1 aromatic heterocycles. The number of hydrogen-bond donors (Lipinski definition) is 6. The molecule has 11 atom stereocenters. The van der Waals surface area contributed by atoms with Crippen molar-refractivity contribution in [3.8, 4) is 0 Å². The molecule has 2 aliphatic rings. The third-order valence-corrected chi connectivity index (χ3v) is 8.03. The van der Waals surface area contributed by atoms with Crippen LogP contribution in [0.4, 0.5) is 0 Å². The number of nitrogens with one attached hydrogen (secondary N) is 2. The molecular formula is C17H25N3O16P2-2. The molecule has 0 radical (unpaired) electrons. The van der Waals surface area contributed by atoms with E-state index < -0.39 is 94.6 Å². The molecule has 0 aliphatic carbocycles. The molecule has 1 amide bonds. The first-order valence-corrected chi connectivity index (χ1v) is 13.7. The van der Waals surface area contributed by atoms with Crippen LogP contribution in [0.2, 0.25) is 0 Å². The SMILES string of the molecule is CC(=O)N[C@@H]1[C@@H](OP(=O)([O-])OP(=O)([O-])OC[C@H]2O[C@@H](n3ccc(=O)[nH]c3=O)[C@H](O)[C@@H]2O)O[C@@H](C)[C@@H](O)[C@H]1O. The maximum atomic E-state index is 12.3. The molecule has 0 bridgehead atoms. The Hall–Kier alpha value is -1.83. The van der Waals surface area contributed by atoms with Crippen molar-refractivity contribution in [2.24, 2.45) is 0 Å². The van der Waals surface area contributed by atoms with E-state index >= 15 is 0 Å². The van der Waals surface area contributed by atoms with Crippen molar-refractivity contribution < 1.29 is 67.0 Å². The standard InChI is InChI=1S/C17H27N3O16P2/c1-6-11(23)13(25)10(18-7(2)21)16(33-6)35-38(30,31)36-37(28,29)32-5-8-12(24)14(26)15(34-8)20-4-3-9(22)19-17(20)27/h3-4,6,8,10-16,23-26H,5H2,1-2H3,(H,18,21)(H,28,29)(H,30,31)(H,19,22,27)/p-2/t6-,8+,10-,11+,12+,13-,14+,15+,16+/m0/s1. The van der Waals surface area contributed by atoms with E-state index in [0.717, 1.165) is 19.2 Å². The number of aliphatic hydroxyl groups is 4. The van der Waals surface area contributed by atoms with Crippen molar-refractivity contribution in [1.29, 1.82) is 0 Å². The predicted octanol–water partition coefficient (Wildman–Crippen LogP) is -4.89. The summed E-state index contributed by atoms with van der Waals surface area (Å²) in [4.78, 5) is 60.8. The Morgan fingerprint density at radius 1 is 1.11 bits per heavy atom. The van der Waals surface area contributed by atoms with Crippen LogP contribution in [0.5, 0.6) is 0 Å². The minimum Gasteiger partial charge on any atom is -0.756 e. The summed E-state index contributed by atoms with van der Waals surface area (Å²) in [6.45, 7) is 1.15. The van der Waals surface area contributed by atoms with Crippen molar-refractivity contribution in [1.82, 2.24) is 14.9 Å². The number of aliphatic hydroxyl groups excluding tert-OH is 4. The van der Waals surface area contributed by atoms with Gasteiger partial charge in [0.15, 0.2) is 12.5 Å². The van der Waals surface area contributed by atoms with E-state index in [2.05, 4.69) is 18.7 Å². The summed E-state index contributed by atoms with van der Waals surface area (Å²) in [5.41, 5.74) is -1.76.